The molecule has 5 nitrogen and oxygen atoms in total. The summed E-state index contributed by atoms with van der Waals surface area (Å²) in [7, 11) is 0. The molecule has 0 radical (unpaired) electrons. The molecule has 2 aromatic rings. The number of aryl methyl sites for hydroxylation is 3. The average molecular weight is 270 g/mol. The van der Waals surface area contributed by atoms with Crippen LogP contribution in [0, 0.1) is 0 Å². The Morgan fingerprint density at radius 2 is 2.20 bits per heavy atom. The molecule has 1 amide bonds. The van der Waals surface area contributed by atoms with E-state index in [-0.39, 0.29) is 11.7 Å². The van der Waals surface area contributed by atoms with Crippen LogP contribution in [-0.4, -0.2) is 21.1 Å². The number of aromatic nitrogens is 3. The Balaban J connectivity index is 1.71. The smallest absolute Gasteiger partial charge is 0.295 e. The second kappa shape index (κ2) is 5.45. The Hall–Kier alpha value is -2.17. The van der Waals surface area contributed by atoms with E-state index in [0.717, 1.165) is 37.2 Å². The van der Waals surface area contributed by atoms with Gasteiger partial charge in [0.1, 0.15) is 5.82 Å². The van der Waals surface area contributed by atoms with Crippen molar-refractivity contribution in [3.63, 3.8) is 0 Å². The number of fused-ring (bicyclic) bond motifs is 1. The number of hydrogen-bond acceptors (Lipinski definition) is 3. The largest absolute Gasteiger partial charge is 0.319 e. The predicted molar refractivity (Wildman–Crippen MR) is 76.8 cm³/mol. The summed E-state index contributed by atoms with van der Waals surface area (Å²) in [5.41, 5.74) is 3.55. The van der Waals surface area contributed by atoms with Crippen molar-refractivity contribution in [3.8, 4) is 0 Å². The van der Waals surface area contributed by atoms with E-state index >= 15 is 0 Å². The maximum atomic E-state index is 12.1. The third kappa shape index (κ3) is 2.57. The molecule has 0 bridgehead atoms. The number of hydrogen-bond donors (Lipinski definition) is 2. The van der Waals surface area contributed by atoms with Crippen molar-refractivity contribution in [2.45, 2.75) is 39.0 Å². The van der Waals surface area contributed by atoms with Crippen molar-refractivity contribution in [1.29, 1.82) is 0 Å². The molecule has 1 aliphatic rings. The molecule has 1 aromatic heterocycles. The lowest BCUT2D eigenvalue weighted by Crippen LogP contribution is -2.14. The van der Waals surface area contributed by atoms with Gasteiger partial charge in [-0.25, -0.2) is 4.98 Å². The minimum absolute atomic E-state index is 0.203. The van der Waals surface area contributed by atoms with Crippen molar-refractivity contribution in [2.24, 2.45) is 0 Å². The number of anilines is 1. The van der Waals surface area contributed by atoms with Crippen LogP contribution in [-0.2, 0) is 19.3 Å². The molecule has 5 heteroatoms. The van der Waals surface area contributed by atoms with Gasteiger partial charge in [0.05, 0.1) is 0 Å². The lowest BCUT2D eigenvalue weighted by molar-refractivity contribution is 0.101. The van der Waals surface area contributed by atoms with Gasteiger partial charge in [-0.1, -0.05) is 13.0 Å². The normalized spacial score (nSPS) is 13.2. The zero-order valence-corrected chi connectivity index (χ0v) is 11.6. The van der Waals surface area contributed by atoms with Gasteiger partial charge in [-0.15, -0.1) is 5.10 Å². The van der Waals surface area contributed by atoms with Crippen molar-refractivity contribution in [2.75, 3.05) is 5.32 Å². The Morgan fingerprint density at radius 1 is 1.35 bits per heavy atom. The summed E-state index contributed by atoms with van der Waals surface area (Å²) in [6.45, 7) is 2.06. The van der Waals surface area contributed by atoms with Crippen molar-refractivity contribution >= 4 is 11.6 Å². The maximum Gasteiger partial charge on any atom is 0.295 e. The number of H-pyrrole nitrogens is 1. The second-order valence-electron chi connectivity index (χ2n) is 5.15. The zero-order chi connectivity index (χ0) is 13.9. The molecule has 0 saturated carbocycles. The fourth-order valence-electron chi connectivity index (χ4n) is 2.58. The highest BCUT2D eigenvalue weighted by molar-refractivity contribution is 6.01. The second-order valence-corrected chi connectivity index (χ2v) is 5.15. The third-order valence-electron chi connectivity index (χ3n) is 3.58. The van der Waals surface area contributed by atoms with Gasteiger partial charge in [0.2, 0.25) is 5.82 Å². The van der Waals surface area contributed by atoms with E-state index < -0.39 is 0 Å². The third-order valence-corrected chi connectivity index (χ3v) is 3.58. The molecule has 0 unspecified atom stereocenters. The van der Waals surface area contributed by atoms with Gasteiger partial charge in [-0.3, -0.25) is 9.89 Å². The van der Waals surface area contributed by atoms with Crippen LogP contribution in [0.4, 0.5) is 5.69 Å². The molecule has 3 rings (SSSR count). The molecule has 104 valence electrons. The van der Waals surface area contributed by atoms with E-state index in [1.807, 2.05) is 6.07 Å². The van der Waals surface area contributed by atoms with Crippen LogP contribution >= 0.6 is 0 Å². The number of rotatable bonds is 4. The van der Waals surface area contributed by atoms with E-state index in [2.05, 4.69) is 39.6 Å². The fourth-order valence-corrected chi connectivity index (χ4v) is 2.58. The zero-order valence-electron chi connectivity index (χ0n) is 11.6. The van der Waals surface area contributed by atoms with Crippen molar-refractivity contribution < 1.29 is 4.79 Å². The van der Waals surface area contributed by atoms with Gasteiger partial charge in [0, 0.05) is 12.1 Å². The molecule has 1 aliphatic carbocycles. The van der Waals surface area contributed by atoms with Crippen LogP contribution in [0.3, 0.4) is 0 Å². The Bertz CT molecular complexity index is 633. The van der Waals surface area contributed by atoms with E-state index in [9.17, 15) is 4.79 Å². The summed E-state index contributed by atoms with van der Waals surface area (Å²) in [6, 6.07) is 6.10. The molecule has 1 aromatic carbocycles. The van der Waals surface area contributed by atoms with Gasteiger partial charge in [-0.05, 0) is 48.9 Å². The van der Waals surface area contributed by atoms with Gasteiger partial charge in [0.15, 0.2) is 0 Å². The first-order valence-electron chi connectivity index (χ1n) is 7.10. The first-order valence-corrected chi connectivity index (χ1v) is 7.10. The highest BCUT2D eigenvalue weighted by atomic mass is 16.2. The summed E-state index contributed by atoms with van der Waals surface area (Å²) in [4.78, 5) is 16.3. The number of aromatic amines is 1. The molecule has 2 N–H and O–H groups in total. The minimum atomic E-state index is -0.262. The summed E-state index contributed by atoms with van der Waals surface area (Å²) >= 11 is 0. The predicted octanol–water partition coefficient (Wildman–Crippen LogP) is 2.50. The number of carbonyl (C=O) groups is 1. The van der Waals surface area contributed by atoms with Gasteiger partial charge in [-0.2, -0.15) is 0 Å². The Labute approximate surface area is 117 Å². The molecule has 0 spiro atoms. The number of amides is 1. The van der Waals surface area contributed by atoms with E-state index in [1.54, 1.807) is 0 Å². The van der Waals surface area contributed by atoms with E-state index in [4.69, 9.17) is 0 Å². The number of benzene rings is 1. The summed E-state index contributed by atoms with van der Waals surface area (Å²) in [5, 5.41) is 9.61. The van der Waals surface area contributed by atoms with Gasteiger partial charge < -0.3 is 5.32 Å². The molecular formula is C15H18N4O. The molecule has 20 heavy (non-hydrogen) atoms. The summed E-state index contributed by atoms with van der Waals surface area (Å²) in [6.07, 6.45) is 5.22. The van der Waals surface area contributed by atoms with Gasteiger partial charge in [0.25, 0.3) is 5.91 Å². The number of carbonyl (C=O) groups excluding carboxylic acids is 1. The van der Waals surface area contributed by atoms with E-state index in [0.29, 0.717) is 0 Å². The standard InChI is InChI=1S/C15H18N4O/c1-2-4-13-17-14(19-18-13)15(20)16-12-8-7-10-5-3-6-11(10)9-12/h7-9H,2-6H2,1H3,(H,16,20)(H,17,18,19). The molecule has 0 fully saturated rings. The highest BCUT2D eigenvalue weighted by Crippen LogP contribution is 2.24. The SMILES string of the molecule is CCCc1nc(C(=O)Nc2ccc3c(c2)CCC3)n[nH]1. The molecular weight excluding hydrogens is 252 g/mol. The van der Waals surface area contributed by atoms with E-state index in [1.165, 1.54) is 17.5 Å². The highest BCUT2D eigenvalue weighted by Gasteiger charge is 2.15. The average Bonchev–Trinajstić information content (AvgIpc) is 3.07. The number of nitrogens with one attached hydrogen (secondary N) is 2. The van der Waals surface area contributed by atoms with Crippen LogP contribution in [0.1, 0.15) is 47.3 Å². The van der Waals surface area contributed by atoms with Crippen LogP contribution in [0.5, 0.6) is 0 Å². The monoisotopic (exact) mass is 270 g/mol. The van der Waals surface area contributed by atoms with Crippen molar-refractivity contribution in [1.82, 2.24) is 15.2 Å². The molecule has 1 heterocycles. The van der Waals surface area contributed by atoms with Crippen LogP contribution in [0.25, 0.3) is 0 Å². The lowest BCUT2D eigenvalue weighted by Gasteiger charge is -2.05. The molecule has 0 saturated heterocycles. The van der Waals surface area contributed by atoms with Crippen LogP contribution < -0.4 is 5.32 Å². The number of nitrogens with zero attached hydrogens (tertiary/aromatic N) is 2. The topological polar surface area (TPSA) is 70.7 Å². The Kier molecular flexibility index (Phi) is 3.50. The Morgan fingerprint density at radius 3 is 3.05 bits per heavy atom. The van der Waals surface area contributed by atoms with Crippen LogP contribution in [0.2, 0.25) is 0 Å². The van der Waals surface area contributed by atoms with Crippen LogP contribution in [0.15, 0.2) is 18.2 Å². The van der Waals surface area contributed by atoms with Gasteiger partial charge >= 0.3 is 0 Å². The van der Waals surface area contributed by atoms with Crippen molar-refractivity contribution in [3.05, 3.63) is 41.0 Å². The minimum Gasteiger partial charge on any atom is -0.319 e. The molecule has 0 aliphatic heterocycles. The summed E-state index contributed by atoms with van der Waals surface area (Å²) < 4.78 is 0. The quantitative estimate of drug-likeness (QED) is 0.896. The summed E-state index contributed by atoms with van der Waals surface area (Å²) in [5.74, 6) is 0.696. The first-order chi connectivity index (χ1) is 9.76. The maximum absolute atomic E-state index is 12.1. The lowest BCUT2D eigenvalue weighted by atomic mass is 10.1. The first kappa shape index (κ1) is 12.8. The fraction of sp³-hybridized carbons (Fsp3) is 0.400. The molecule has 0 atom stereocenters.